The summed E-state index contributed by atoms with van der Waals surface area (Å²) < 4.78 is 10.8. The zero-order valence-corrected chi connectivity index (χ0v) is 14.0. The number of hydrogen-bond donors (Lipinski definition) is 3. The smallest absolute Gasteiger partial charge is 0.114 e. The molecule has 4 atom stereocenters. The Bertz CT molecular complexity index is 261. The average molecular weight is 318 g/mol. The Morgan fingerprint density at radius 2 is 1.55 bits per heavy atom. The van der Waals surface area contributed by atoms with Crippen LogP contribution in [0.15, 0.2) is 0 Å². The molecule has 22 heavy (non-hydrogen) atoms. The highest BCUT2D eigenvalue weighted by molar-refractivity contribution is 4.87. The first kappa shape index (κ1) is 19.8. The molecule has 0 spiro atoms. The molecule has 3 N–H and O–H groups in total. The molecule has 1 heterocycles. The molecule has 0 aliphatic carbocycles. The van der Waals surface area contributed by atoms with Crippen molar-refractivity contribution in [1.29, 1.82) is 0 Å². The Morgan fingerprint density at radius 3 is 2.14 bits per heavy atom. The lowest BCUT2D eigenvalue weighted by molar-refractivity contribution is -0.210. The minimum atomic E-state index is -0.965. The third-order valence-corrected chi connectivity index (χ3v) is 4.32. The highest BCUT2D eigenvalue weighted by atomic mass is 16.6. The van der Waals surface area contributed by atoms with Crippen LogP contribution < -0.4 is 0 Å². The first-order chi connectivity index (χ1) is 10.7. The Labute approximate surface area is 134 Å². The fraction of sp³-hybridized carbons (Fsp3) is 1.00. The van der Waals surface area contributed by atoms with E-state index in [-0.39, 0.29) is 13.2 Å². The van der Waals surface area contributed by atoms with E-state index in [1.54, 1.807) is 0 Å². The van der Waals surface area contributed by atoms with Crippen molar-refractivity contribution in [3.8, 4) is 0 Å². The molecular weight excluding hydrogens is 284 g/mol. The maximum atomic E-state index is 9.97. The summed E-state index contributed by atoms with van der Waals surface area (Å²) >= 11 is 0. The van der Waals surface area contributed by atoms with Crippen LogP contribution in [-0.2, 0) is 9.47 Å². The third-order valence-electron chi connectivity index (χ3n) is 4.32. The van der Waals surface area contributed by atoms with Gasteiger partial charge in [-0.3, -0.25) is 0 Å². The van der Waals surface area contributed by atoms with E-state index in [0.717, 1.165) is 12.8 Å². The maximum Gasteiger partial charge on any atom is 0.114 e. The van der Waals surface area contributed by atoms with Crippen molar-refractivity contribution in [1.82, 2.24) is 0 Å². The second-order valence-electron chi connectivity index (χ2n) is 6.28. The Balaban J connectivity index is 2.01. The number of ether oxygens (including phenoxy) is 2. The van der Waals surface area contributed by atoms with E-state index in [2.05, 4.69) is 6.92 Å². The number of aliphatic hydroxyl groups is 3. The monoisotopic (exact) mass is 318 g/mol. The van der Waals surface area contributed by atoms with Gasteiger partial charge in [-0.05, 0) is 6.42 Å². The molecule has 5 heteroatoms. The van der Waals surface area contributed by atoms with Crippen LogP contribution in [0.3, 0.4) is 0 Å². The standard InChI is InChI=1S/C17H34O5/c1-2-3-4-5-6-7-8-9-10-11-21-17-14(19)13-22-15(12-18)16(17)20/h14-20H,2-13H2,1H3/t14-,15+,16+,17+/m1/s1. The van der Waals surface area contributed by atoms with Crippen molar-refractivity contribution in [2.75, 3.05) is 19.8 Å². The second kappa shape index (κ2) is 12.3. The summed E-state index contributed by atoms with van der Waals surface area (Å²) in [6.07, 6.45) is 8.10. The minimum Gasteiger partial charge on any atom is -0.394 e. The van der Waals surface area contributed by atoms with Crippen molar-refractivity contribution < 1.29 is 24.8 Å². The molecule has 0 aromatic rings. The average Bonchev–Trinajstić information content (AvgIpc) is 2.52. The molecule has 1 rings (SSSR count). The number of rotatable bonds is 12. The van der Waals surface area contributed by atoms with Crippen molar-refractivity contribution in [2.45, 2.75) is 89.1 Å². The highest BCUT2D eigenvalue weighted by Crippen LogP contribution is 2.19. The number of hydrogen-bond acceptors (Lipinski definition) is 5. The Morgan fingerprint density at radius 1 is 0.955 bits per heavy atom. The SMILES string of the molecule is CCCCCCCCCCCO[C@@H]1[C@@H](O)[C@H](CO)OC[C@H]1O. The van der Waals surface area contributed by atoms with Crippen molar-refractivity contribution in [2.24, 2.45) is 0 Å². The molecular formula is C17H34O5. The maximum absolute atomic E-state index is 9.97. The van der Waals surface area contributed by atoms with Gasteiger partial charge in [0.15, 0.2) is 0 Å². The van der Waals surface area contributed by atoms with E-state index in [0.29, 0.717) is 6.61 Å². The summed E-state index contributed by atoms with van der Waals surface area (Å²) in [4.78, 5) is 0. The summed E-state index contributed by atoms with van der Waals surface area (Å²) in [7, 11) is 0. The molecule has 1 aliphatic rings. The van der Waals surface area contributed by atoms with Crippen molar-refractivity contribution in [3.63, 3.8) is 0 Å². The lowest BCUT2D eigenvalue weighted by Crippen LogP contribution is -2.55. The summed E-state index contributed by atoms with van der Waals surface area (Å²) in [6, 6.07) is 0. The van der Waals surface area contributed by atoms with Gasteiger partial charge in [0, 0.05) is 6.61 Å². The van der Waals surface area contributed by atoms with Crippen LogP contribution >= 0.6 is 0 Å². The first-order valence-electron chi connectivity index (χ1n) is 8.90. The lowest BCUT2D eigenvalue weighted by atomic mass is 10.0. The molecule has 132 valence electrons. The van der Waals surface area contributed by atoms with Gasteiger partial charge in [0.25, 0.3) is 0 Å². The zero-order valence-electron chi connectivity index (χ0n) is 14.0. The van der Waals surface area contributed by atoms with E-state index in [1.807, 2.05) is 0 Å². The summed E-state index contributed by atoms with van der Waals surface area (Å²) in [5, 5.41) is 28.9. The highest BCUT2D eigenvalue weighted by Gasteiger charge is 2.38. The molecule has 0 saturated carbocycles. The van der Waals surface area contributed by atoms with Crippen LogP contribution in [0.4, 0.5) is 0 Å². The molecule has 1 saturated heterocycles. The van der Waals surface area contributed by atoms with E-state index in [1.165, 1.54) is 44.9 Å². The Kier molecular flexibility index (Phi) is 11.1. The van der Waals surface area contributed by atoms with E-state index in [4.69, 9.17) is 14.6 Å². The van der Waals surface area contributed by atoms with Gasteiger partial charge in [-0.25, -0.2) is 0 Å². The van der Waals surface area contributed by atoms with Crippen molar-refractivity contribution in [3.05, 3.63) is 0 Å². The van der Waals surface area contributed by atoms with Gasteiger partial charge in [-0.15, -0.1) is 0 Å². The minimum absolute atomic E-state index is 0.102. The van der Waals surface area contributed by atoms with Gasteiger partial charge in [-0.1, -0.05) is 58.3 Å². The summed E-state index contributed by atoms with van der Waals surface area (Å²) in [6.45, 7) is 2.61. The lowest BCUT2D eigenvalue weighted by Gasteiger charge is -2.37. The van der Waals surface area contributed by atoms with Crippen LogP contribution in [0, 0.1) is 0 Å². The fourth-order valence-electron chi connectivity index (χ4n) is 2.86. The molecule has 5 nitrogen and oxygen atoms in total. The molecule has 0 amide bonds. The van der Waals surface area contributed by atoms with Crippen LogP contribution in [-0.4, -0.2) is 59.6 Å². The van der Waals surface area contributed by atoms with Gasteiger partial charge in [0.2, 0.25) is 0 Å². The third kappa shape index (κ3) is 7.38. The normalized spacial score (nSPS) is 28.9. The van der Waals surface area contributed by atoms with Crippen LogP contribution in [0.2, 0.25) is 0 Å². The van der Waals surface area contributed by atoms with E-state index >= 15 is 0 Å². The van der Waals surface area contributed by atoms with Gasteiger partial charge >= 0.3 is 0 Å². The van der Waals surface area contributed by atoms with Crippen LogP contribution in [0.25, 0.3) is 0 Å². The number of aliphatic hydroxyl groups excluding tert-OH is 3. The van der Waals surface area contributed by atoms with Gasteiger partial charge < -0.3 is 24.8 Å². The molecule has 1 aliphatic heterocycles. The van der Waals surface area contributed by atoms with Gasteiger partial charge in [0.1, 0.15) is 24.4 Å². The summed E-state index contributed by atoms with van der Waals surface area (Å²) in [5.41, 5.74) is 0. The second-order valence-corrected chi connectivity index (χ2v) is 6.28. The predicted octanol–water partition coefficient (Wildman–Crippen LogP) is 2.02. The van der Waals surface area contributed by atoms with E-state index < -0.39 is 24.4 Å². The predicted molar refractivity (Wildman–Crippen MR) is 85.8 cm³/mol. The number of unbranched alkanes of at least 4 members (excludes halogenated alkanes) is 8. The van der Waals surface area contributed by atoms with Gasteiger partial charge in [-0.2, -0.15) is 0 Å². The Hall–Kier alpha value is -0.200. The van der Waals surface area contributed by atoms with Gasteiger partial charge in [0.05, 0.1) is 13.2 Å². The summed E-state index contributed by atoms with van der Waals surface area (Å²) in [5.74, 6) is 0. The van der Waals surface area contributed by atoms with Crippen LogP contribution in [0.1, 0.15) is 64.7 Å². The quantitative estimate of drug-likeness (QED) is 0.480. The molecule has 0 unspecified atom stereocenters. The molecule has 0 bridgehead atoms. The molecule has 0 aromatic heterocycles. The largest absolute Gasteiger partial charge is 0.394 e. The van der Waals surface area contributed by atoms with E-state index in [9.17, 15) is 10.2 Å². The first-order valence-corrected chi connectivity index (χ1v) is 8.90. The van der Waals surface area contributed by atoms with Crippen LogP contribution in [0.5, 0.6) is 0 Å². The zero-order chi connectivity index (χ0) is 16.2. The molecule has 0 radical (unpaired) electrons. The van der Waals surface area contributed by atoms with Crippen molar-refractivity contribution >= 4 is 0 Å². The topological polar surface area (TPSA) is 79.2 Å². The molecule has 0 aromatic carbocycles. The fourth-order valence-corrected chi connectivity index (χ4v) is 2.86. The molecule has 1 fully saturated rings.